The van der Waals surface area contributed by atoms with E-state index in [1.54, 1.807) is 0 Å². The monoisotopic (exact) mass is 1040 g/mol. The highest BCUT2D eigenvalue weighted by Gasteiger charge is 2.19. The van der Waals surface area contributed by atoms with Gasteiger partial charge in [0.1, 0.15) is 13.2 Å². The molecule has 0 heterocycles. The Labute approximate surface area is 461 Å². The van der Waals surface area contributed by atoms with Crippen molar-refractivity contribution in [2.75, 3.05) is 13.2 Å². The van der Waals surface area contributed by atoms with Gasteiger partial charge in [-0.05, 0) is 57.8 Å². The molecule has 0 N–H and O–H groups in total. The molecule has 74 heavy (non-hydrogen) atoms. The number of hydrogen-bond acceptors (Lipinski definition) is 6. The summed E-state index contributed by atoms with van der Waals surface area (Å²) in [5.41, 5.74) is 0. The normalized spacial score (nSPS) is 12.2. The lowest BCUT2D eigenvalue weighted by Crippen LogP contribution is -2.30. The van der Waals surface area contributed by atoms with E-state index in [4.69, 9.17) is 14.2 Å². The molecule has 0 fully saturated rings. The van der Waals surface area contributed by atoms with Crippen molar-refractivity contribution in [1.82, 2.24) is 0 Å². The van der Waals surface area contributed by atoms with Crippen LogP contribution >= 0.6 is 0 Å². The van der Waals surface area contributed by atoms with E-state index < -0.39 is 6.10 Å². The van der Waals surface area contributed by atoms with Crippen LogP contribution in [0.5, 0.6) is 0 Å². The average Bonchev–Trinajstić information content (AvgIpc) is 3.40. The van der Waals surface area contributed by atoms with Crippen LogP contribution in [0.2, 0.25) is 0 Å². The summed E-state index contributed by atoms with van der Waals surface area (Å²) in [6.45, 7) is 6.60. The van der Waals surface area contributed by atoms with Crippen molar-refractivity contribution in [2.24, 2.45) is 0 Å². The first-order chi connectivity index (χ1) is 36.5. The van der Waals surface area contributed by atoms with Gasteiger partial charge in [0, 0.05) is 19.3 Å². The maximum atomic E-state index is 12.8. The number of hydrogen-bond donors (Lipinski definition) is 0. The largest absolute Gasteiger partial charge is 0.462 e. The van der Waals surface area contributed by atoms with Crippen LogP contribution in [0, 0.1) is 0 Å². The quantitative estimate of drug-likeness (QED) is 0.0261. The number of carbonyl (C=O) groups is 3. The molecule has 0 rings (SSSR count). The summed E-state index contributed by atoms with van der Waals surface area (Å²) in [7, 11) is 0. The Kier molecular flexibility index (Phi) is 61.1. The molecule has 0 radical (unpaired) electrons. The Bertz CT molecular complexity index is 1240. The molecule has 0 amide bonds. The van der Waals surface area contributed by atoms with Gasteiger partial charge >= 0.3 is 17.9 Å². The van der Waals surface area contributed by atoms with Gasteiger partial charge in [0.2, 0.25) is 0 Å². The second-order valence-electron chi connectivity index (χ2n) is 22.4. The Balaban J connectivity index is 3.98. The molecule has 1 unspecified atom stereocenters. The average molecular weight is 1040 g/mol. The number of esters is 3. The molecule has 0 saturated carbocycles. The van der Waals surface area contributed by atoms with Crippen LogP contribution in [0.4, 0.5) is 0 Å². The fourth-order valence-corrected chi connectivity index (χ4v) is 9.92. The third kappa shape index (κ3) is 60.5. The fourth-order valence-electron chi connectivity index (χ4n) is 9.92. The molecule has 1 atom stereocenters. The SMILES string of the molecule is CCCCCCC/C=C\C/C=C\C/C=C\CCCCCCCCCCCCCCC(=O)OCC(COC(=O)CCCCCCC)OC(=O)CCCCCCCCCCCCCCCCCCCCCCCCCC. The lowest BCUT2D eigenvalue weighted by Gasteiger charge is -2.18. The van der Waals surface area contributed by atoms with Crippen LogP contribution in [-0.2, 0) is 28.6 Å². The highest BCUT2D eigenvalue weighted by atomic mass is 16.6. The van der Waals surface area contributed by atoms with Gasteiger partial charge in [0.25, 0.3) is 0 Å². The summed E-state index contributed by atoms with van der Waals surface area (Å²) >= 11 is 0. The zero-order valence-corrected chi connectivity index (χ0v) is 49.9. The first-order valence-electron chi connectivity index (χ1n) is 33.0. The first kappa shape index (κ1) is 71.6. The van der Waals surface area contributed by atoms with Crippen molar-refractivity contribution in [3.63, 3.8) is 0 Å². The van der Waals surface area contributed by atoms with Gasteiger partial charge in [0.15, 0.2) is 6.10 Å². The van der Waals surface area contributed by atoms with Crippen LogP contribution in [0.15, 0.2) is 36.5 Å². The van der Waals surface area contributed by atoms with Gasteiger partial charge in [-0.15, -0.1) is 0 Å². The van der Waals surface area contributed by atoms with Crippen molar-refractivity contribution in [1.29, 1.82) is 0 Å². The Morgan fingerprint density at radius 3 is 0.757 bits per heavy atom. The number of unbranched alkanes of at least 4 members (excludes halogenated alkanes) is 44. The van der Waals surface area contributed by atoms with E-state index in [1.165, 1.54) is 244 Å². The topological polar surface area (TPSA) is 78.9 Å². The maximum Gasteiger partial charge on any atom is 0.306 e. The van der Waals surface area contributed by atoms with Crippen LogP contribution in [0.1, 0.15) is 361 Å². The Morgan fingerprint density at radius 2 is 0.486 bits per heavy atom. The predicted octanol–water partition coefficient (Wildman–Crippen LogP) is 22.4. The first-order valence-corrected chi connectivity index (χ1v) is 33.0. The second kappa shape index (κ2) is 63.2. The summed E-state index contributed by atoms with van der Waals surface area (Å²) < 4.78 is 16.8. The third-order valence-electron chi connectivity index (χ3n) is 14.9. The molecule has 0 aliphatic carbocycles. The molecule has 0 saturated heterocycles. The van der Waals surface area contributed by atoms with Crippen molar-refractivity contribution >= 4 is 17.9 Å². The maximum absolute atomic E-state index is 12.8. The minimum atomic E-state index is -0.767. The molecule has 6 heteroatoms. The van der Waals surface area contributed by atoms with E-state index in [1.807, 2.05) is 0 Å². The van der Waals surface area contributed by atoms with Gasteiger partial charge in [-0.2, -0.15) is 0 Å². The van der Waals surface area contributed by atoms with Crippen molar-refractivity contribution in [3.05, 3.63) is 36.5 Å². The van der Waals surface area contributed by atoms with Gasteiger partial charge in [0.05, 0.1) is 0 Å². The standard InChI is InChI=1S/C68H126O6/c1-4-7-10-13-15-17-19-21-23-25-27-29-31-33-34-35-37-38-40-42-44-46-48-50-52-55-58-61-67(70)73-64-65(63-72-66(69)60-57-54-12-9-6-3)74-68(71)62-59-56-53-51-49-47-45-43-41-39-36-32-30-28-26-24-22-20-18-16-14-11-8-5-2/h19,21,25,27,31,33,65H,4-18,20,22-24,26,28-30,32,34-64H2,1-3H3/b21-19-,27-25-,33-31-. The molecule has 0 aromatic carbocycles. The summed E-state index contributed by atoms with van der Waals surface area (Å²) in [4.78, 5) is 37.9. The number of ether oxygens (including phenoxy) is 3. The molecule has 0 bridgehead atoms. The molecule has 0 spiro atoms. The fraction of sp³-hybridized carbons (Fsp3) is 0.868. The van der Waals surface area contributed by atoms with Crippen molar-refractivity contribution in [3.8, 4) is 0 Å². The van der Waals surface area contributed by atoms with E-state index in [2.05, 4.69) is 57.2 Å². The summed E-state index contributed by atoms with van der Waals surface area (Å²) in [5, 5.41) is 0. The predicted molar refractivity (Wildman–Crippen MR) is 321 cm³/mol. The van der Waals surface area contributed by atoms with E-state index >= 15 is 0 Å². The van der Waals surface area contributed by atoms with E-state index in [0.29, 0.717) is 19.3 Å². The molecule has 0 aliphatic heterocycles. The Hall–Kier alpha value is -2.37. The van der Waals surface area contributed by atoms with Gasteiger partial charge in [-0.3, -0.25) is 14.4 Å². The lowest BCUT2D eigenvalue weighted by atomic mass is 10.0. The molecular formula is C68H126O6. The van der Waals surface area contributed by atoms with Crippen LogP contribution in [0.3, 0.4) is 0 Å². The smallest absolute Gasteiger partial charge is 0.306 e. The molecule has 0 aliphatic rings. The highest BCUT2D eigenvalue weighted by molar-refractivity contribution is 5.71. The summed E-state index contributed by atoms with van der Waals surface area (Å²) in [5.74, 6) is -0.862. The van der Waals surface area contributed by atoms with Crippen LogP contribution in [-0.4, -0.2) is 37.2 Å². The van der Waals surface area contributed by atoms with Crippen LogP contribution < -0.4 is 0 Å². The van der Waals surface area contributed by atoms with Crippen LogP contribution in [0.25, 0.3) is 0 Å². The minimum Gasteiger partial charge on any atom is -0.462 e. The van der Waals surface area contributed by atoms with E-state index in [9.17, 15) is 14.4 Å². The lowest BCUT2D eigenvalue weighted by molar-refractivity contribution is -0.167. The second-order valence-corrected chi connectivity index (χ2v) is 22.4. The number of carbonyl (C=O) groups excluding carboxylic acids is 3. The zero-order valence-electron chi connectivity index (χ0n) is 49.9. The van der Waals surface area contributed by atoms with Gasteiger partial charge in [-0.1, -0.05) is 320 Å². The molecule has 6 nitrogen and oxygen atoms in total. The third-order valence-corrected chi connectivity index (χ3v) is 14.9. The molecular weight excluding hydrogens is 913 g/mol. The number of allylic oxidation sites excluding steroid dienone is 6. The molecule has 0 aromatic rings. The van der Waals surface area contributed by atoms with Gasteiger partial charge in [-0.25, -0.2) is 0 Å². The van der Waals surface area contributed by atoms with Crippen molar-refractivity contribution < 1.29 is 28.6 Å². The Morgan fingerprint density at radius 1 is 0.270 bits per heavy atom. The minimum absolute atomic E-state index is 0.0690. The number of rotatable bonds is 61. The van der Waals surface area contributed by atoms with E-state index in [0.717, 1.165) is 77.0 Å². The molecule has 0 aromatic heterocycles. The summed E-state index contributed by atoms with van der Waals surface area (Å²) in [6.07, 6.45) is 77.9. The van der Waals surface area contributed by atoms with Crippen molar-refractivity contribution in [2.45, 2.75) is 367 Å². The molecule has 434 valence electrons. The zero-order chi connectivity index (χ0) is 53.6. The van der Waals surface area contributed by atoms with Gasteiger partial charge < -0.3 is 14.2 Å². The summed E-state index contributed by atoms with van der Waals surface area (Å²) in [6, 6.07) is 0. The van der Waals surface area contributed by atoms with E-state index in [-0.39, 0.29) is 31.1 Å². The highest BCUT2D eigenvalue weighted by Crippen LogP contribution is 2.18.